The Morgan fingerprint density at radius 3 is 3.00 bits per heavy atom. The zero-order valence-corrected chi connectivity index (χ0v) is 13.6. The summed E-state index contributed by atoms with van der Waals surface area (Å²) in [6, 6.07) is 5.61. The van der Waals surface area contributed by atoms with Crippen LogP contribution in [0.4, 0.5) is 0 Å². The minimum atomic E-state index is -1.04. The first-order chi connectivity index (χ1) is 11.6. The monoisotopic (exact) mass is 335 g/mol. The number of benzene rings is 1. The fourth-order valence-corrected chi connectivity index (χ4v) is 3.04. The van der Waals surface area contributed by atoms with Crippen molar-refractivity contribution in [3.05, 3.63) is 23.8 Å². The van der Waals surface area contributed by atoms with Crippen LogP contribution in [0.2, 0.25) is 0 Å². The van der Waals surface area contributed by atoms with Crippen molar-refractivity contribution in [3.63, 3.8) is 0 Å². The molecule has 24 heavy (non-hydrogen) atoms. The number of fused-ring (bicyclic) bond motifs is 1. The van der Waals surface area contributed by atoms with Gasteiger partial charge in [0.1, 0.15) is 18.1 Å². The smallest absolute Gasteiger partial charge is 0.334 e. The maximum absolute atomic E-state index is 12.7. The summed E-state index contributed by atoms with van der Waals surface area (Å²) in [5.41, 5.74) is 0.939. The van der Waals surface area contributed by atoms with E-state index in [9.17, 15) is 9.59 Å². The average molecular weight is 335 g/mol. The van der Waals surface area contributed by atoms with Crippen LogP contribution in [0.5, 0.6) is 11.5 Å². The van der Waals surface area contributed by atoms with Crippen LogP contribution < -0.4 is 9.47 Å². The zero-order valence-electron chi connectivity index (χ0n) is 13.6. The second-order valence-corrected chi connectivity index (χ2v) is 5.90. The third-order valence-corrected chi connectivity index (χ3v) is 4.25. The summed E-state index contributed by atoms with van der Waals surface area (Å²) in [6.07, 6.45) is -0.395. The Bertz CT molecular complexity index is 632. The van der Waals surface area contributed by atoms with E-state index >= 15 is 0 Å². The first-order valence-corrected chi connectivity index (χ1v) is 8.10. The van der Waals surface area contributed by atoms with Crippen molar-refractivity contribution in [3.8, 4) is 11.5 Å². The molecule has 2 heterocycles. The van der Waals surface area contributed by atoms with Crippen molar-refractivity contribution in [2.45, 2.75) is 19.4 Å². The predicted molar refractivity (Wildman–Crippen MR) is 84.3 cm³/mol. The molecular weight excluding hydrogens is 314 g/mol. The number of rotatable bonds is 4. The lowest BCUT2D eigenvalue weighted by Gasteiger charge is -2.34. The van der Waals surface area contributed by atoms with Crippen molar-refractivity contribution in [1.29, 1.82) is 0 Å². The number of ether oxygens (including phenoxy) is 3. The number of aliphatic carboxylic acids is 1. The molecule has 1 saturated heterocycles. The van der Waals surface area contributed by atoms with E-state index in [1.165, 1.54) is 0 Å². The predicted octanol–water partition coefficient (Wildman–Crippen LogP) is 0.948. The first-order valence-electron chi connectivity index (χ1n) is 8.10. The summed E-state index contributed by atoms with van der Waals surface area (Å²) in [5.74, 6) is 0.0798. The summed E-state index contributed by atoms with van der Waals surface area (Å²) in [4.78, 5) is 25.3. The van der Waals surface area contributed by atoms with E-state index in [1.54, 1.807) is 4.90 Å². The lowest BCUT2D eigenvalue weighted by Crippen LogP contribution is -2.51. The standard InChI is InChI=1S/C17H21NO6/c1-2-22-13-3-4-14-11(8-13)7-12(10-24-14)16(19)18-5-6-23-15(9-18)17(20)21/h3-4,8,12,15H,2,5-7,9-10H2,1H3,(H,20,21)/t12-,15-/m0/s1. The van der Waals surface area contributed by atoms with Crippen LogP contribution in [0.3, 0.4) is 0 Å². The van der Waals surface area contributed by atoms with Crippen molar-refractivity contribution in [2.24, 2.45) is 5.92 Å². The quantitative estimate of drug-likeness (QED) is 0.882. The molecule has 1 fully saturated rings. The lowest BCUT2D eigenvalue weighted by atomic mass is 9.95. The number of carbonyl (C=O) groups is 2. The molecule has 0 saturated carbocycles. The highest BCUT2D eigenvalue weighted by Gasteiger charge is 2.34. The number of carboxylic acid groups (broad SMARTS) is 1. The summed E-state index contributed by atoms with van der Waals surface area (Å²) in [5, 5.41) is 9.06. The van der Waals surface area contributed by atoms with E-state index in [2.05, 4.69) is 0 Å². The van der Waals surface area contributed by atoms with Gasteiger partial charge < -0.3 is 24.2 Å². The molecule has 0 unspecified atom stereocenters. The molecule has 7 nitrogen and oxygen atoms in total. The molecule has 2 atom stereocenters. The van der Waals surface area contributed by atoms with Crippen molar-refractivity contribution >= 4 is 11.9 Å². The zero-order chi connectivity index (χ0) is 17.1. The number of nitrogens with zero attached hydrogens (tertiary/aromatic N) is 1. The largest absolute Gasteiger partial charge is 0.494 e. The van der Waals surface area contributed by atoms with Crippen molar-refractivity contribution in [1.82, 2.24) is 4.90 Å². The molecule has 1 aromatic carbocycles. The van der Waals surface area contributed by atoms with E-state index in [4.69, 9.17) is 19.3 Å². The van der Waals surface area contributed by atoms with Crippen LogP contribution in [0.25, 0.3) is 0 Å². The molecule has 0 radical (unpaired) electrons. The van der Waals surface area contributed by atoms with Gasteiger partial charge in [-0.2, -0.15) is 0 Å². The minimum Gasteiger partial charge on any atom is -0.494 e. The summed E-state index contributed by atoms with van der Waals surface area (Å²) in [7, 11) is 0. The summed E-state index contributed by atoms with van der Waals surface area (Å²) in [6.45, 7) is 3.52. The Labute approximate surface area is 140 Å². The molecule has 0 aliphatic carbocycles. The molecule has 1 amide bonds. The Morgan fingerprint density at radius 1 is 1.42 bits per heavy atom. The van der Waals surface area contributed by atoms with Gasteiger partial charge in [0.15, 0.2) is 6.10 Å². The summed E-state index contributed by atoms with van der Waals surface area (Å²) < 4.78 is 16.4. The van der Waals surface area contributed by atoms with E-state index in [-0.39, 0.29) is 25.0 Å². The Balaban J connectivity index is 1.68. The number of amides is 1. The van der Waals surface area contributed by atoms with Crippen molar-refractivity contribution in [2.75, 3.05) is 32.9 Å². The van der Waals surface area contributed by atoms with Gasteiger partial charge in [-0.1, -0.05) is 0 Å². The van der Waals surface area contributed by atoms with Gasteiger partial charge in [0, 0.05) is 6.54 Å². The maximum atomic E-state index is 12.7. The maximum Gasteiger partial charge on any atom is 0.334 e. The fourth-order valence-electron chi connectivity index (χ4n) is 3.04. The molecule has 1 aromatic rings. The minimum absolute atomic E-state index is 0.0799. The van der Waals surface area contributed by atoms with Crippen LogP contribution in [-0.2, 0) is 20.7 Å². The summed E-state index contributed by atoms with van der Waals surface area (Å²) >= 11 is 0. The highest BCUT2D eigenvalue weighted by atomic mass is 16.5. The number of carbonyl (C=O) groups excluding carboxylic acids is 1. The Hall–Kier alpha value is -2.28. The molecule has 2 aliphatic rings. The number of hydrogen-bond acceptors (Lipinski definition) is 5. The SMILES string of the molecule is CCOc1ccc2c(c1)C[C@H](C(=O)N1CCO[C@H](C(=O)O)C1)CO2. The van der Waals surface area contributed by atoms with Crippen LogP contribution >= 0.6 is 0 Å². The molecule has 0 bridgehead atoms. The molecule has 0 aromatic heterocycles. The first kappa shape index (κ1) is 16.6. The van der Waals surface area contributed by atoms with Gasteiger partial charge in [0.2, 0.25) is 5.91 Å². The number of morpholine rings is 1. The highest BCUT2D eigenvalue weighted by molar-refractivity contribution is 5.81. The van der Waals surface area contributed by atoms with Gasteiger partial charge >= 0.3 is 5.97 Å². The van der Waals surface area contributed by atoms with Gasteiger partial charge in [0.05, 0.1) is 25.7 Å². The van der Waals surface area contributed by atoms with E-state index in [0.717, 1.165) is 17.1 Å². The fraction of sp³-hybridized carbons (Fsp3) is 0.529. The van der Waals surface area contributed by atoms with Gasteiger partial charge in [-0.25, -0.2) is 4.79 Å². The normalized spacial score (nSPS) is 23.1. The third-order valence-electron chi connectivity index (χ3n) is 4.25. The lowest BCUT2D eigenvalue weighted by molar-refractivity contribution is -0.161. The van der Waals surface area contributed by atoms with Crippen LogP contribution in [0.15, 0.2) is 18.2 Å². The molecule has 3 rings (SSSR count). The Kier molecular flexibility index (Phi) is 4.89. The van der Waals surface area contributed by atoms with Crippen LogP contribution in [0, 0.1) is 5.92 Å². The molecule has 130 valence electrons. The number of carboxylic acids is 1. The molecule has 7 heteroatoms. The van der Waals surface area contributed by atoms with Gasteiger partial charge in [-0.3, -0.25) is 4.79 Å². The van der Waals surface area contributed by atoms with E-state index in [0.29, 0.717) is 26.2 Å². The molecular formula is C17H21NO6. The second kappa shape index (κ2) is 7.09. The molecule has 2 aliphatic heterocycles. The highest BCUT2D eigenvalue weighted by Crippen LogP contribution is 2.31. The van der Waals surface area contributed by atoms with Gasteiger partial charge in [0.25, 0.3) is 0 Å². The average Bonchev–Trinajstić information content (AvgIpc) is 2.61. The second-order valence-electron chi connectivity index (χ2n) is 5.90. The Morgan fingerprint density at radius 2 is 2.25 bits per heavy atom. The van der Waals surface area contributed by atoms with E-state index < -0.39 is 12.1 Å². The molecule has 1 N–H and O–H groups in total. The van der Waals surface area contributed by atoms with Gasteiger partial charge in [-0.15, -0.1) is 0 Å². The molecule has 0 spiro atoms. The van der Waals surface area contributed by atoms with Crippen LogP contribution in [0.1, 0.15) is 12.5 Å². The van der Waals surface area contributed by atoms with Crippen molar-refractivity contribution < 1.29 is 28.9 Å². The topological polar surface area (TPSA) is 85.3 Å². The van der Waals surface area contributed by atoms with Gasteiger partial charge in [-0.05, 0) is 37.1 Å². The van der Waals surface area contributed by atoms with Crippen LogP contribution in [-0.4, -0.2) is 60.9 Å². The number of hydrogen-bond donors (Lipinski definition) is 1. The third kappa shape index (κ3) is 3.46. The van der Waals surface area contributed by atoms with E-state index in [1.807, 2.05) is 25.1 Å².